The number of ether oxygens (including phenoxy) is 1. The molecule has 0 aromatic heterocycles. The number of sulfonamides is 1. The normalized spacial score (nSPS) is 26.1. The third-order valence-electron chi connectivity index (χ3n) is 5.48. The number of likely N-dealkylation sites (tertiary alicyclic amines) is 1. The van der Waals surface area contributed by atoms with E-state index < -0.39 is 10.0 Å². The topological polar surface area (TPSA) is 84.0 Å². The van der Waals surface area contributed by atoms with Gasteiger partial charge in [-0.05, 0) is 25.0 Å². The van der Waals surface area contributed by atoms with Gasteiger partial charge in [-0.3, -0.25) is 14.5 Å². The van der Waals surface area contributed by atoms with Crippen LogP contribution in [0.15, 0.2) is 42.5 Å². The number of fused-ring (bicyclic) bond motifs is 1. The van der Waals surface area contributed by atoms with Gasteiger partial charge in [0, 0.05) is 13.1 Å². The molecule has 0 bridgehead atoms. The fourth-order valence-electron chi connectivity index (χ4n) is 3.90. The summed E-state index contributed by atoms with van der Waals surface area (Å²) >= 11 is 0. The fourth-order valence-corrected chi connectivity index (χ4v) is 5.25. The van der Waals surface area contributed by atoms with E-state index in [4.69, 9.17) is 4.74 Å². The van der Waals surface area contributed by atoms with Crippen LogP contribution in [0, 0.1) is 11.8 Å². The van der Waals surface area contributed by atoms with Gasteiger partial charge in [-0.25, -0.2) is 8.42 Å². The molecule has 0 N–H and O–H groups in total. The molecular weight excluding hydrogens is 368 g/mol. The summed E-state index contributed by atoms with van der Waals surface area (Å²) in [7, 11) is -3.47. The van der Waals surface area contributed by atoms with Crippen LogP contribution in [0.1, 0.15) is 12.8 Å². The zero-order valence-corrected chi connectivity index (χ0v) is 15.7. The van der Waals surface area contributed by atoms with E-state index in [-0.39, 0.29) is 55.1 Å². The van der Waals surface area contributed by atoms with Crippen molar-refractivity contribution in [3.05, 3.63) is 42.5 Å². The third-order valence-corrected chi connectivity index (χ3v) is 7.25. The highest BCUT2D eigenvalue weighted by Gasteiger charge is 2.53. The van der Waals surface area contributed by atoms with E-state index in [2.05, 4.69) is 0 Å². The Hall–Kier alpha value is -2.19. The van der Waals surface area contributed by atoms with E-state index in [0.29, 0.717) is 18.6 Å². The summed E-state index contributed by atoms with van der Waals surface area (Å²) in [5.41, 5.74) is 0. The predicted octanol–water partition coefficient (Wildman–Crippen LogP) is 1.03. The number of hydrogen-bond donors (Lipinski definition) is 0. The van der Waals surface area contributed by atoms with E-state index in [1.807, 2.05) is 30.4 Å². The molecule has 0 saturated carbocycles. The number of nitrogens with zero attached hydrogens (tertiary/aromatic N) is 2. The molecule has 7 nitrogen and oxygen atoms in total. The van der Waals surface area contributed by atoms with Gasteiger partial charge >= 0.3 is 0 Å². The summed E-state index contributed by atoms with van der Waals surface area (Å²) in [6.45, 7) is 0.418. The van der Waals surface area contributed by atoms with Crippen molar-refractivity contribution >= 4 is 21.8 Å². The predicted molar refractivity (Wildman–Crippen MR) is 98.3 cm³/mol. The zero-order valence-electron chi connectivity index (χ0n) is 14.9. The summed E-state index contributed by atoms with van der Waals surface area (Å²) in [5, 5.41) is 0. The number of hydrogen-bond acceptors (Lipinski definition) is 5. The van der Waals surface area contributed by atoms with E-state index in [1.165, 1.54) is 9.21 Å². The second kappa shape index (κ2) is 7.09. The summed E-state index contributed by atoms with van der Waals surface area (Å²) in [6.07, 6.45) is 5.08. The minimum Gasteiger partial charge on any atom is -0.492 e. The Morgan fingerprint density at radius 3 is 2.15 bits per heavy atom. The van der Waals surface area contributed by atoms with Crippen molar-refractivity contribution in [1.82, 2.24) is 9.21 Å². The highest BCUT2D eigenvalue weighted by Crippen LogP contribution is 2.37. The summed E-state index contributed by atoms with van der Waals surface area (Å²) < 4.78 is 31.6. The van der Waals surface area contributed by atoms with Crippen LogP contribution in [0.2, 0.25) is 0 Å². The maximum Gasteiger partial charge on any atom is 0.233 e. The lowest BCUT2D eigenvalue weighted by molar-refractivity contribution is -0.145. The van der Waals surface area contributed by atoms with Crippen molar-refractivity contribution in [1.29, 1.82) is 0 Å². The molecule has 2 atom stereocenters. The Morgan fingerprint density at radius 2 is 1.56 bits per heavy atom. The van der Waals surface area contributed by atoms with Crippen LogP contribution in [-0.4, -0.2) is 60.9 Å². The molecule has 0 radical (unpaired) electrons. The molecule has 1 aromatic rings. The number of benzene rings is 1. The standard InChI is InChI=1S/C19H22N2O5S/c22-18-16-8-4-5-9-17(16)19(23)21(18)14-12-20(13-14)27(24,25)11-10-26-15-6-2-1-3-7-15/h1-7,14,16-17H,8-13H2/t16-,17-/m1/s1. The number of imide groups is 1. The van der Waals surface area contributed by atoms with Gasteiger partial charge in [-0.15, -0.1) is 0 Å². The van der Waals surface area contributed by atoms with Gasteiger partial charge in [0.25, 0.3) is 0 Å². The number of carbonyl (C=O) groups excluding carboxylic acids is 2. The first-order valence-electron chi connectivity index (χ1n) is 9.15. The van der Waals surface area contributed by atoms with E-state index in [0.717, 1.165) is 0 Å². The van der Waals surface area contributed by atoms with Crippen molar-refractivity contribution in [3.63, 3.8) is 0 Å². The minimum absolute atomic E-state index is 0.0604. The number of para-hydroxylation sites is 1. The van der Waals surface area contributed by atoms with E-state index >= 15 is 0 Å². The lowest BCUT2D eigenvalue weighted by atomic mass is 9.85. The molecule has 0 spiro atoms. The van der Waals surface area contributed by atoms with Gasteiger partial charge in [0.15, 0.2) is 0 Å². The number of rotatable bonds is 6. The first kappa shape index (κ1) is 18.2. The Labute approximate surface area is 158 Å². The molecule has 4 rings (SSSR count). The quantitative estimate of drug-likeness (QED) is 0.535. The molecule has 8 heteroatoms. The van der Waals surface area contributed by atoms with Crippen molar-refractivity contribution < 1.29 is 22.7 Å². The first-order chi connectivity index (χ1) is 13.0. The van der Waals surface area contributed by atoms with E-state index in [1.54, 1.807) is 12.1 Å². The second-order valence-corrected chi connectivity index (χ2v) is 9.24. The third kappa shape index (κ3) is 3.39. The van der Waals surface area contributed by atoms with Crippen LogP contribution >= 0.6 is 0 Å². The molecule has 1 aliphatic carbocycles. The van der Waals surface area contributed by atoms with Crippen LogP contribution in [0.5, 0.6) is 5.75 Å². The van der Waals surface area contributed by atoms with Crippen LogP contribution < -0.4 is 4.74 Å². The van der Waals surface area contributed by atoms with Crippen molar-refractivity contribution in [3.8, 4) is 5.75 Å². The molecule has 27 heavy (non-hydrogen) atoms. The summed E-state index contributed by atoms with van der Waals surface area (Å²) in [5.74, 6) is -0.350. The van der Waals surface area contributed by atoms with Gasteiger partial charge in [-0.2, -0.15) is 4.31 Å². The van der Waals surface area contributed by atoms with Gasteiger partial charge in [0.2, 0.25) is 21.8 Å². The lowest BCUT2D eigenvalue weighted by Gasteiger charge is -2.42. The monoisotopic (exact) mass is 390 g/mol. The molecule has 0 unspecified atom stereocenters. The fraction of sp³-hybridized carbons (Fsp3) is 0.474. The summed E-state index contributed by atoms with van der Waals surface area (Å²) in [6, 6.07) is 8.69. The minimum atomic E-state index is -3.47. The average Bonchev–Trinajstić information content (AvgIpc) is 2.87. The molecule has 144 valence electrons. The van der Waals surface area contributed by atoms with Crippen molar-refractivity contribution in [2.24, 2.45) is 11.8 Å². The van der Waals surface area contributed by atoms with Crippen LogP contribution in [0.25, 0.3) is 0 Å². The molecule has 3 aliphatic rings. The SMILES string of the molecule is O=C1[C@@H]2CC=CC[C@H]2C(=O)N1C1CN(S(=O)(=O)CCOc2ccccc2)C1. The molecular formula is C19H22N2O5S. The molecule has 2 aliphatic heterocycles. The molecule has 1 aromatic carbocycles. The van der Waals surface area contributed by atoms with E-state index in [9.17, 15) is 18.0 Å². The van der Waals surface area contributed by atoms with Gasteiger partial charge in [0.05, 0.1) is 23.6 Å². The molecule has 2 heterocycles. The average molecular weight is 390 g/mol. The van der Waals surface area contributed by atoms with Crippen LogP contribution in [-0.2, 0) is 19.6 Å². The molecule has 2 saturated heterocycles. The maximum atomic E-state index is 12.6. The van der Waals surface area contributed by atoms with Gasteiger partial charge in [0.1, 0.15) is 12.4 Å². The lowest BCUT2D eigenvalue weighted by Crippen LogP contribution is -2.62. The molecule has 2 amide bonds. The second-order valence-electron chi connectivity index (χ2n) is 7.15. The largest absolute Gasteiger partial charge is 0.492 e. The Bertz CT molecular complexity index is 835. The summed E-state index contributed by atoms with van der Waals surface area (Å²) in [4.78, 5) is 26.4. The first-order valence-corrected chi connectivity index (χ1v) is 10.8. The number of amides is 2. The Balaban J connectivity index is 1.31. The zero-order chi connectivity index (χ0) is 19.0. The smallest absolute Gasteiger partial charge is 0.233 e. The highest BCUT2D eigenvalue weighted by atomic mass is 32.2. The number of allylic oxidation sites excluding steroid dienone is 2. The Morgan fingerprint density at radius 1 is 0.963 bits per heavy atom. The molecule has 2 fully saturated rings. The maximum absolute atomic E-state index is 12.6. The number of carbonyl (C=O) groups is 2. The van der Waals surface area contributed by atoms with Gasteiger partial charge < -0.3 is 4.74 Å². The van der Waals surface area contributed by atoms with Crippen molar-refractivity contribution in [2.75, 3.05) is 25.4 Å². The van der Waals surface area contributed by atoms with Crippen molar-refractivity contribution in [2.45, 2.75) is 18.9 Å². The van der Waals surface area contributed by atoms with Crippen LogP contribution in [0.3, 0.4) is 0 Å². The van der Waals surface area contributed by atoms with Crippen LogP contribution in [0.4, 0.5) is 0 Å². The highest BCUT2D eigenvalue weighted by molar-refractivity contribution is 7.89. The van der Waals surface area contributed by atoms with Gasteiger partial charge in [-0.1, -0.05) is 30.4 Å². The Kier molecular flexibility index (Phi) is 4.77.